The lowest BCUT2D eigenvalue weighted by molar-refractivity contribution is 0.177. The fourth-order valence-electron chi connectivity index (χ4n) is 3.01. The van der Waals surface area contributed by atoms with E-state index in [4.69, 9.17) is 0 Å². The second-order valence-corrected chi connectivity index (χ2v) is 6.48. The number of aliphatic hydroxyl groups excluding tert-OH is 1. The molecule has 4 nitrogen and oxygen atoms in total. The van der Waals surface area contributed by atoms with E-state index >= 15 is 0 Å². The summed E-state index contributed by atoms with van der Waals surface area (Å²) in [6.07, 6.45) is 4.25. The van der Waals surface area contributed by atoms with Gasteiger partial charge in [-0.15, -0.1) is 0 Å². The molecule has 0 radical (unpaired) electrons. The number of urea groups is 1. The molecule has 22 heavy (non-hydrogen) atoms. The number of nitrogens with one attached hydrogen (secondary N) is 2. The average Bonchev–Trinajstić information content (AvgIpc) is 2.92. The minimum Gasteiger partial charge on any atom is -0.393 e. The Balaban J connectivity index is 1.74. The third kappa shape index (κ3) is 5.34. The molecule has 1 aliphatic rings. The Kier molecular flexibility index (Phi) is 6.25. The van der Waals surface area contributed by atoms with Crippen LogP contribution in [0, 0.1) is 12.8 Å². The molecule has 2 rings (SSSR count). The maximum absolute atomic E-state index is 12.0. The maximum atomic E-state index is 12.0. The topological polar surface area (TPSA) is 61.4 Å². The summed E-state index contributed by atoms with van der Waals surface area (Å²) in [6.45, 7) is 4.82. The highest BCUT2D eigenvalue weighted by atomic mass is 16.3. The van der Waals surface area contributed by atoms with Crippen molar-refractivity contribution in [2.24, 2.45) is 5.92 Å². The minimum absolute atomic E-state index is 0.0969. The molecule has 2 amide bonds. The third-order valence-corrected chi connectivity index (χ3v) is 4.50. The summed E-state index contributed by atoms with van der Waals surface area (Å²) in [5.74, 6) is 0.415. The SMILES string of the molecule is CC[C@H](Cc1ccc(C)cc1)NC(=O)NC[C@H]1CC[C@@H](O)C1. The minimum atomic E-state index is -0.181. The van der Waals surface area contributed by atoms with Gasteiger partial charge in [-0.2, -0.15) is 0 Å². The predicted molar refractivity (Wildman–Crippen MR) is 88.8 cm³/mol. The smallest absolute Gasteiger partial charge is 0.315 e. The normalized spacial score (nSPS) is 22.3. The van der Waals surface area contributed by atoms with Gasteiger partial charge in [0.1, 0.15) is 0 Å². The first-order valence-corrected chi connectivity index (χ1v) is 8.34. The van der Waals surface area contributed by atoms with E-state index in [0.29, 0.717) is 12.5 Å². The number of hydrogen-bond donors (Lipinski definition) is 3. The first kappa shape index (κ1) is 16.8. The number of rotatable bonds is 6. The number of benzene rings is 1. The summed E-state index contributed by atoms with van der Waals surface area (Å²) in [5.41, 5.74) is 2.50. The van der Waals surface area contributed by atoms with E-state index in [-0.39, 0.29) is 18.2 Å². The molecule has 0 heterocycles. The maximum Gasteiger partial charge on any atom is 0.315 e. The van der Waals surface area contributed by atoms with E-state index in [1.165, 1.54) is 11.1 Å². The van der Waals surface area contributed by atoms with Crippen LogP contribution in [-0.2, 0) is 6.42 Å². The Bertz CT molecular complexity index is 472. The lowest BCUT2D eigenvalue weighted by atomic mass is 10.0. The standard InChI is InChI=1S/C18H28N2O2/c1-3-16(10-14-6-4-13(2)5-7-14)20-18(22)19-12-15-8-9-17(21)11-15/h4-7,15-17,21H,3,8-12H2,1-2H3,(H2,19,20,22)/t15-,16+,17+/m0/s1. The van der Waals surface area contributed by atoms with Crippen molar-refractivity contribution < 1.29 is 9.90 Å². The van der Waals surface area contributed by atoms with E-state index in [9.17, 15) is 9.90 Å². The number of hydrogen-bond acceptors (Lipinski definition) is 2. The molecule has 3 atom stereocenters. The Labute approximate surface area is 133 Å². The van der Waals surface area contributed by atoms with Gasteiger partial charge in [-0.05, 0) is 50.5 Å². The average molecular weight is 304 g/mol. The van der Waals surface area contributed by atoms with E-state index < -0.39 is 0 Å². The van der Waals surface area contributed by atoms with Gasteiger partial charge < -0.3 is 15.7 Å². The highest BCUT2D eigenvalue weighted by molar-refractivity contribution is 5.74. The summed E-state index contributed by atoms with van der Waals surface area (Å²) < 4.78 is 0. The van der Waals surface area contributed by atoms with Crippen molar-refractivity contribution >= 4 is 6.03 Å². The van der Waals surface area contributed by atoms with Crippen molar-refractivity contribution in [2.75, 3.05) is 6.54 Å². The first-order chi connectivity index (χ1) is 10.6. The lowest BCUT2D eigenvalue weighted by Crippen LogP contribution is -2.44. The second kappa shape index (κ2) is 8.18. The van der Waals surface area contributed by atoms with Crippen molar-refractivity contribution in [1.82, 2.24) is 10.6 Å². The zero-order chi connectivity index (χ0) is 15.9. The van der Waals surface area contributed by atoms with Gasteiger partial charge in [0.15, 0.2) is 0 Å². The molecule has 0 aromatic heterocycles. The van der Waals surface area contributed by atoms with Crippen LogP contribution in [0.3, 0.4) is 0 Å². The molecule has 4 heteroatoms. The fourth-order valence-corrected chi connectivity index (χ4v) is 3.01. The lowest BCUT2D eigenvalue weighted by Gasteiger charge is -2.19. The summed E-state index contributed by atoms with van der Waals surface area (Å²) in [6, 6.07) is 8.51. The molecule has 0 aliphatic heterocycles. The van der Waals surface area contributed by atoms with Gasteiger partial charge in [-0.1, -0.05) is 36.8 Å². The van der Waals surface area contributed by atoms with Crippen LogP contribution in [0.1, 0.15) is 43.7 Å². The number of aryl methyl sites for hydroxylation is 1. The van der Waals surface area contributed by atoms with Crippen molar-refractivity contribution in [3.8, 4) is 0 Å². The Morgan fingerprint density at radius 1 is 1.32 bits per heavy atom. The zero-order valence-corrected chi connectivity index (χ0v) is 13.6. The number of carbonyl (C=O) groups excluding carboxylic acids is 1. The van der Waals surface area contributed by atoms with Gasteiger partial charge in [-0.3, -0.25) is 0 Å². The largest absolute Gasteiger partial charge is 0.393 e. The van der Waals surface area contributed by atoms with Crippen LogP contribution in [0.5, 0.6) is 0 Å². The summed E-state index contributed by atoms with van der Waals surface area (Å²) >= 11 is 0. The van der Waals surface area contributed by atoms with Crippen LogP contribution < -0.4 is 10.6 Å². The Hall–Kier alpha value is -1.55. The second-order valence-electron chi connectivity index (χ2n) is 6.48. The molecule has 1 aromatic carbocycles. The number of amides is 2. The Morgan fingerprint density at radius 3 is 2.64 bits per heavy atom. The molecular weight excluding hydrogens is 276 g/mol. The molecule has 0 unspecified atom stereocenters. The van der Waals surface area contributed by atoms with Crippen molar-refractivity contribution in [3.63, 3.8) is 0 Å². The van der Waals surface area contributed by atoms with Gasteiger partial charge in [0.05, 0.1) is 6.10 Å². The van der Waals surface area contributed by atoms with Crippen LogP contribution in [0.15, 0.2) is 24.3 Å². The molecule has 0 bridgehead atoms. The monoisotopic (exact) mass is 304 g/mol. The van der Waals surface area contributed by atoms with Crippen molar-refractivity contribution in [1.29, 1.82) is 0 Å². The van der Waals surface area contributed by atoms with Gasteiger partial charge in [0.25, 0.3) is 0 Å². The van der Waals surface area contributed by atoms with Crippen LogP contribution in [-0.4, -0.2) is 29.8 Å². The molecule has 0 saturated heterocycles. The van der Waals surface area contributed by atoms with Crippen LogP contribution in [0.25, 0.3) is 0 Å². The first-order valence-electron chi connectivity index (χ1n) is 8.34. The van der Waals surface area contributed by atoms with Crippen LogP contribution in [0.4, 0.5) is 4.79 Å². The van der Waals surface area contributed by atoms with Crippen molar-refractivity contribution in [2.45, 2.75) is 58.1 Å². The van der Waals surface area contributed by atoms with Crippen LogP contribution >= 0.6 is 0 Å². The fraction of sp³-hybridized carbons (Fsp3) is 0.611. The Morgan fingerprint density at radius 2 is 2.05 bits per heavy atom. The highest BCUT2D eigenvalue weighted by Crippen LogP contribution is 2.24. The zero-order valence-electron chi connectivity index (χ0n) is 13.6. The highest BCUT2D eigenvalue weighted by Gasteiger charge is 2.23. The quantitative estimate of drug-likeness (QED) is 0.757. The summed E-state index contributed by atoms with van der Waals surface area (Å²) in [7, 11) is 0. The van der Waals surface area contributed by atoms with Gasteiger partial charge >= 0.3 is 6.03 Å². The molecular formula is C18H28N2O2. The molecule has 0 spiro atoms. The molecule has 3 N–H and O–H groups in total. The van der Waals surface area contributed by atoms with E-state index in [1.54, 1.807) is 0 Å². The predicted octanol–water partition coefficient (Wildman–Crippen LogP) is 2.78. The van der Waals surface area contributed by atoms with E-state index in [1.807, 2.05) is 0 Å². The number of carbonyl (C=O) groups is 1. The molecule has 1 fully saturated rings. The molecule has 1 aliphatic carbocycles. The van der Waals surface area contributed by atoms with E-state index in [2.05, 4.69) is 48.7 Å². The van der Waals surface area contributed by atoms with Crippen LogP contribution in [0.2, 0.25) is 0 Å². The molecule has 1 aromatic rings. The summed E-state index contributed by atoms with van der Waals surface area (Å²) in [4.78, 5) is 12.0. The van der Waals surface area contributed by atoms with Crippen molar-refractivity contribution in [3.05, 3.63) is 35.4 Å². The summed E-state index contributed by atoms with van der Waals surface area (Å²) in [5, 5.41) is 15.5. The van der Waals surface area contributed by atoms with Gasteiger partial charge in [0, 0.05) is 12.6 Å². The third-order valence-electron chi connectivity index (χ3n) is 4.50. The van der Waals surface area contributed by atoms with Gasteiger partial charge in [0.2, 0.25) is 0 Å². The molecule has 1 saturated carbocycles. The number of aliphatic hydroxyl groups is 1. The van der Waals surface area contributed by atoms with E-state index in [0.717, 1.165) is 32.1 Å². The molecule has 122 valence electrons. The van der Waals surface area contributed by atoms with Gasteiger partial charge in [-0.25, -0.2) is 4.79 Å².